The van der Waals surface area contributed by atoms with Gasteiger partial charge in [-0.2, -0.15) is 5.10 Å². The summed E-state index contributed by atoms with van der Waals surface area (Å²) in [6.07, 6.45) is 3.21. The number of hydrogen-bond donors (Lipinski definition) is 1. The third kappa shape index (κ3) is 2.30. The standard InChI is InChI=1S/C14H11BrN4O/c1-9-8-10(15)2-3-11(9)18-14(20)12-4-6-16-13-5-7-17-19(12)13/h2-8H,1H3,(H,18,20). The maximum absolute atomic E-state index is 12.4. The normalized spacial score (nSPS) is 10.7. The molecule has 0 bridgehead atoms. The Balaban J connectivity index is 1.95. The molecular weight excluding hydrogens is 320 g/mol. The van der Waals surface area contributed by atoms with E-state index >= 15 is 0 Å². The van der Waals surface area contributed by atoms with Gasteiger partial charge in [-0.05, 0) is 36.8 Å². The number of rotatable bonds is 2. The lowest BCUT2D eigenvalue weighted by Crippen LogP contribution is -2.17. The van der Waals surface area contributed by atoms with E-state index < -0.39 is 0 Å². The Morgan fingerprint density at radius 3 is 2.90 bits per heavy atom. The molecule has 0 radical (unpaired) electrons. The van der Waals surface area contributed by atoms with Crippen molar-refractivity contribution in [1.82, 2.24) is 14.6 Å². The highest BCUT2D eigenvalue weighted by atomic mass is 79.9. The van der Waals surface area contributed by atoms with Gasteiger partial charge in [0, 0.05) is 22.4 Å². The Bertz CT molecular complexity index is 797. The minimum absolute atomic E-state index is 0.216. The van der Waals surface area contributed by atoms with Crippen LogP contribution in [0.25, 0.3) is 5.65 Å². The number of anilines is 1. The fourth-order valence-corrected chi connectivity index (χ4v) is 2.44. The smallest absolute Gasteiger partial charge is 0.274 e. The Morgan fingerprint density at radius 1 is 1.25 bits per heavy atom. The zero-order valence-electron chi connectivity index (χ0n) is 10.7. The van der Waals surface area contributed by atoms with Crippen molar-refractivity contribution in [3.05, 3.63) is 58.5 Å². The first-order chi connectivity index (χ1) is 9.65. The second kappa shape index (κ2) is 5.05. The van der Waals surface area contributed by atoms with Gasteiger partial charge in [-0.15, -0.1) is 0 Å². The fourth-order valence-electron chi connectivity index (χ4n) is 1.96. The molecule has 0 aliphatic rings. The SMILES string of the molecule is Cc1cc(Br)ccc1NC(=O)c1ccnc2ccnn12. The van der Waals surface area contributed by atoms with Crippen LogP contribution in [-0.4, -0.2) is 20.5 Å². The molecule has 6 heteroatoms. The molecule has 0 fully saturated rings. The molecule has 1 amide bonds. The summed E-state index contributed by atoms with van der Waals surface area (Å²) in [4.78, 5) is 16.5. The summed E-state index contributed by atoms with van der Waals surface area (Å²) in [5.41, 5.74) is 2.85. The molecule has 0 atom stereocenters. The molecule has 0 spiro atoms. The van der Waals surface area contributed by atoms with Gasteiger partial charge in [-0.1, -0.05) is 15.9 Å². The van der Waals surface area contributed by atoms with Crippen LogP contribution in [0.1, 0.15) is 16.1 Å². The van der Waals surface area contributed by atoms with Crippen molar-refractivity contribution < 1.29 is 4.79 Å². The number of carbonyl (C=O) groups is 1. The van der Waals surface area contributed by atoms with Crippen LogP contribution < -0.4 is 5.32 Å². The number of nitrogens with one attached hydrogen (secondary N) is 1. The van der Waals surface area contributed by atoms with Crippen molar-refractivity contribution in [2.75, 3.05) is 5.32 Å². The van der Waals surface area contributed by atoms with Crippen molar-refractivity contribution in [1.29, 1.82) is 0 Å². The highest BCUT2D eigenvalue weighted by molar-refractivity contribution is 9.10. The first kappa shape index (κ1) is 12.8. The molecule has 100 valence electrons. The largest absolute Gasteiger partial charge is 0.320 e. The topological polar surface area (TPSA) is 59.3 Å². The number of nitrogens with zero attached hydrogens (tertiary/aromatic N) is 3. The Morgan fingerprint density at radius 2 is 2.10 bits per heavy atom. The molecule has 0 unspecified atom stereocenters. The first-order valence-corrected chi connectivity index (χ1v) is 6.81. The Kier molecular flexibility index (Phi) is 3.23. The maximum Gasteiger partial charge on any atom is 0.274 e. The number of benzene rings is 1. The molecule has 20 heavy (non-hydrogen) atoms. The number of aryl methyl sites for hydroxylation is 1. The minimum Gasteiger partial charge on any atom is -0.320 e. The van der Waals surface area contributed by atoms with Crippen LogP contribution in [0.5, 0.6) is 0 Å². The van der Waals surface area contributed by atoms with Crippen LogP contribution in [-0.2, 0) is 0 Å². The molecule has 5 nitrogen and oxygen atoms in total. The van der Waals surface area contributed by atoms with Gasteiger partial charge in [-0.3, -0.25) is 4.79 Å². The third-order valence-electron chi connectivity index (χ3n) is 2.96. The number of amides is 1. The van der Waals surface area contributed by atoms with Crippen molar-refractivity contribution in [2.24, 2.45) is 0 Å². The van der Waals surface area contributed by atoms with Crippen molar-refractivity contribution in [3.8, 4) is 0 Å². The van der Waals surface area contributed by atoms with Gasteiger partial charge in [0.25, 0.3) is 5.91 Å². The Labute approximate surface area is 123 Å². The van der Waals surface area contributed by atoms with Crippen LogP contribution in [0.15, 0.2) is 47.2 Å². The summed E-state index contributed by atoms with van der Waals surface area (Å²) >= 11 is 3.40. The summed E-state index contributed by atoms with van der Waals surface area (Å²) in [6.45, 7) is 1.94. The summed E-state index contributed by atoms with van der Waals surface area (Å²) < 4.78 is 2.50. The second-order valence-corrected chi connectivity index (χ2v) is 5.26. The molecule has 0 aliphatic heterocycles. The summed E-state index contributed by atoms with van der Waals surface area (Å²) in [7, 11) is 0. The number of fused-ring (bicyclic) bond motifs is 1. The van der Waals surface area contributed by atoms with Crippen LogP contribution in [0.3, 0.4) is 0 Å². The molecule has 1 aromatic carbocycles. The predicted octanol–water partition coefficient (Wildman–Crippen LogP) is 3.05. The van der Waals surface area contributed by atoms with E-state index in [0.29, 0.717) is 11.3 Å². The summed E-state index contributed by atoms with van der Waals surface area (Å²) in [5, 5.41) is 6.99. The molecule has 2 heterocycles. The van der Waals surface area contributed by atoms with Crippen LogP contribution in [0.2, 0.25) is 0 Å². The summed E-state index contributed by atoms with van der Waals surface area (Å²) in [5.74, 6) is -0.216. The number of aromatic nitrogens is 3. The zero-order valence-corrected chi connectivity index (χ0v) is 12.3. The lowest BCUT2D eigenvalue weighted by molar-refractivity contribution is 0.101. The molecule has 1 N–H and O–H groups in total. The third-order valence-corrected chi connectivity index (χ3v) is 3.45. The number of carbonyl (C=O) groups excluding carboxylic acids is 1. The molecule has 3 aromatic rings. The molecule has 2 aromatic heterocycles. The van der Waals surface area contributed by atoms with Gasteiger partial charge in [-0.25, -0.2) is 9.50 Å². The quantitative estimate of drug-likeness (QED) is 0.785. The summed E-state index contributed by atoms with van der Waals surface area (Å²) in [6, 6.07) is 9.09. The van der Waals surface area contributed by atoms with Crippen molar-refractivity contribution in [2.45, 2.75) is 6.92 Å². The van der Waals surface area contributed by atoms with Crippen LogP contribution in [0.4, 0.5) is 5.69 Å². The van der Waals surface area contributed by atoms with Gasteiger partial charge >= 0.3 is 0 Å². The van der Waals surface area contributed by atoms with E-state index in [0.717, 1.165) is 15.7 Å². The van der Waals surface area contributed by atoms with Crippen LogP contribution >= 0.6 is 15.9 Å². The number of hydrogen-bond acceptors (Lipinski definition) is 3. The number of halogens is 1. The highest BCUT2D eigenvalue weighted by Crippen LogP contribution is 2.20. The highest BCUT2D eigenvalue weighted by Gasteiger charge is 2.12. The lowest BCUT2D eigenvalue weighted by atomic mass is 10.2. The maximum atomic E-state index is 12.4. The van der Waals surface area contributed by atoms with E-state index in [1.54, 1.807) is 24.5 Å². The van der Waals surface area contributed by atoms with E-state index in [9.17, 15) is 4.79 Å². The Hall–Kier alpha value is -2.21. The molecule has 0 saturated heterocycles. The lowest BCUT2D eigenvalue weighted by Gasteiger charge is -2.09. The fraction of sp³-hybridized carbons (Fsp3) is 0.0714. The monoisotopic (exact) mass is 330 g/mol. The van der Waals surface area contributed by atoms with Gasteiger partial charge in [0.2, 0.25) is 0 Å². The molecule has 0 saturated carbocycles. The van der Waals surface area contributed by atoms with Gasteiger partial charge in [0.1, 0.15) is 5.69 Å². The molecular formula is C14H11BrN4O. The molecule has 0 aliphatic carbocycles. The predicted molar refractivity (Wildman–Crippen MR) is 79.8 cm³/mol. The van der Waals surface area contributed by atoms with E-state index in [2.05, 4.69) is 31.3 Å². The van der Waals surface area contributed by atoms with Crippen molar-refractivity contribution in [3.63, 3.8) is 0 Å². The van der Waals surface area contributed by atoms with E-state index in [1.165, 1.54) is 4.52 Å². The first-order valence-electron chi connectivity index (χ1n) is 6.01. The average molecular weight is 331 g/mol. The average Bonchev–Trinajstić information content (AvgIpc) is 2.90. The minimum atomic E-state index is -0.216. The zero-order chi connectivity index (χ0) is 14.1. The van der Waals surface area contributed by atoms with Gasteiger partial charge in [0.15, 0.2) is 5.65 Å². The van der Waals surface area contributed by atoms with Crippen LogP contribution in [0, 0.1) is 6.92 Å². The molecule has 3 rings (SSSR count). The van der Waals surface area contributed by atoms with E-state index in [-0.39, 0.29) is 5.91 Å². The van der Waals surface area contributed by atoms with E-state index in [4.69, 9.17) is 0 Å². The van der Waals surface area contributed by atoms with Gasteiger partial charge in [0.05, 0.1) is 6.20 Å². The second-order valence-electron chi connectivity index (χ2n) is 4.34. The van der Waals surface area contributed by atoms with Crippen molar-refractivity contribution >= 4 is 33.2 Å². The van der Waals surface area contributed by atoms with E-state index in [1.807, 2.05) is 25.1 Å². The van der Waals surface area contributed by atoms with Gasteiger partial charge < -0.3 is 5.32 Å².